The molecule has 0 aliphatic heterocycles. The van der Waals surface area contributed by atoms with Crippen LogP contribution in [0.3, 0.4) is 0 Å². The summed E-state index contributed by atoms with van der Waals surface area (Å²) in [5.74, 6) is 0.696. The molecule has 2 bridgehead atoms. The van der Waals surface area contributed by atoms with E-state index < -0.39 is 6.61 Å². The molecule has 0 unspecified atom stereocenters. The summed E-state index contributed by atoms with van der Waals surface area (Å²) in [5, 5.41) is 4.25. The summed E-state index contributed by atoms with van der Waals surface area (Å²) in [7, 11) is 0. The van der Waals surface area contributed by atoms with E-state index in [0.717, 1.165) is 12.1 Å². The third kappa shape index (κ3) is 2.62. The second kappa shape index (κ2) is 5.62. The molecule has 5 heteroatoms. The molecule has 1 N–H and O–H groups in total. The topological polar surface area (TPSA) is 33.6 Å². The van der Waals surface area contributed by atoms with Crippen LogP contribution in [-0.2, 0) is 0 Å². The summed E-state index contributed by atoms with van der Waals surface area (Å²) in [5.41, 5.74) is 5.09. The van der Waals surface area contributed by atoms with Gasteiger partial charge in [0.15, 0.2) is 0 Å². The number of fused-ring (bicyclic) bond motifs is 2. The Labute approximate surface area is 135 Å². The van der Waals surface area contributed by atoms with Crippen molar-refractivity contribution < 1.29 is 13.5 Å². The lowest BCUT2D eigenvalue weighted by Gasteiger charge is -2.36. The lowest BCUT2D eigenvalue weighted by atomic mass is 9.69. The molecule has 1 aromatic carbocycles. The van der Waals surface area contributed by atoms with E-state index in [1.165, 1.54) is 18.7 Å². The number of halogens is 2. The van der Waals surface area contributed by atoms with Crippen LogP contribution < -0.4 is 10.2 Å². The van der Waals surface area contributed by atoms with Crippen LogP contribution in [0.4, 0.5) is 8.78 Å². The van der Waals surface area contributed by atoms with Crippen LogP contribution >= 0.6 is 0 Å². The highest BCUT2D eigenvalue weighted by Crippen LogP contribution is 2.64. The molecule has 3 rings (SSSR count). The standard InChI is InChI=1S/C18H22F2N2O/c1-17(2)13-8-9-18(17,3)15(10-13)22-21-11-12-6-4-5-7-14(12)23-16(19)20/h4-7,10-11,13,16,22H,8-9H2,1-3H3/b21-11-/t13-,18-/m0/s1. The first-order valence-electron chi connectivity index (χ1n) is 7.90. The van der Waals surface area contributed by atoms with Crippen LogP contribution in [-0.4, -0.2) is 12.8 Å². The molecule has 2 aliphatic rings. The molecule has 0 radical (unpaired) electrons. The van der Waals surface area contributed by atoms with Gasteiger partial charge < -0.3 is 4.74 Å². The summed E-state index contributed by atoms with van der Waals surface area (Å²) < 4.78 is 29.3. The number of benzene rings is 1. The number of hydrogen-bond donors (Lipinski definition) is 1. The maximum atomic E-state index is 12.4. The minimum Gasteiger partial charge on any atom is -0.434 e. The van der Waals surface area contributed by atoms with E-state index in [9.17, 15) is 8.78 Å². The predicted molar refractivity (Wildman–Crippen MR) is 86.5 cm³/mol. The van der Waals surface area contributed by atoms with Crippen molar-refractivity contribution in [3.05, 3.63) is 41.6 Å². The van der Waals surface area contributed by atoms with Gasteiger partial charge in [-0.25, -0.2) is 0 Å². The molecule has 124 valence electrons. The molecule has 23 heavy (non-hydrogen) atoms. The third-order valence-corrected chi connectivity index (χ3v) is 5.79. The summed E-state index contributed by atoms with van der Waals surface area (Å²) in [6.45, 7) is 4.02. The molecular weight excluding hydrogens is 298 g/mol. The molecular formula is C18H22F2N2O. The number of para-hydroxylation sites is 1. The lowest BCUT2D eigenvalue weighted by molar-refractivity contribution is -0.0499. The highest BCUT2D eigenvalue weighted by Gasteiger charge is 2.57. The Morgan fingerprint density at radius 1 is 1.30 bits per heavy atom. The van der Waals surface area contributed by atoms with Crippen molar-refractivity contribution in [3.8, 4) is 5.75 Å². The summed E-state index contributed by atoms with van der Waals surface area (Å²) in [4.78, 5) is 0. The van der Waals surface area contributed by atoms with Gasteiger partial charge in [0, 0.05) is 16.7 Å². The molecule has 0 amide bonds. The van der Waals surface area contributed by atoms with Gasteiger partial charge >= 0.3 is 6.61 Å². The van der Waals surface area contributed by atoms with Gasteiger partial charge in [0.25, 0.3) is 0 Å². The number of ether oxygens (including phenoxy) is 1. The van der Waals surface area contributed by atoms with Crippen LogP contribution in [0, 0.1) is 16.7 Å². The quantitative estimate of drug-likeness (QED) is 0.638. The minimum atomic E-state index is -2.84. The van der Waals surface area contributed by atoms with Crippen molar-refractivity contribution >= 4 is 6.21 Å². The van der Waals surface area contributed by atoms with Gasteiger partial charge in [-0.15, -0.1) is 0 Å². The Kier molecular flexibility index (Phi) is 3.90. The number of alkyl halides is 2. The van der Waals surface area contributed by atoms with E-state index >= 15 is 0 Å². The van der Waals surface area contributed by atoms with E-state index in [0.29, 0.717) is 11.5 Å². The van der Waals surface area contributed by atoms with E-state index in [1.54, 1.807) is 18.2 Å². The van der Waals surface area contributed by atoms with Crippen LogP contribution in [0.2, 0.25) is 0 Å². The average Bonchev–Trinajstić information content (AvgIpc) is 2.82. The molecule has 0 saturated heterocycles. The second-order valence-corrected chi connectivity index (χ2v) is 7.07. The fourth-order valence-corrected chi connectivity index (χ4v) is 3.82. The fourth-order valence-electron chi connectivity index (χ4n) is 3.82. The molecule has 3 nitrogen and oxygen atoms in total. The van der Waals surface area contributed by atoms with E-state index in [4.69, 9.17) is 0 Å². The Bertz CT molecular complexity index is 654. The Hall–Kier alpha value is -1.91. The molecule has 2 aliphatic carbocycles. The van der Waals surface area contributed by atoms with Crippen molar-refractivity contribution in [1.82, 2.24) is 5.43 Å². The largest absolute Gasteiger partial charge is 0.434 e. The highest BCUT2D eigenvalue weighted by atomic mass is 19.3. The number of hydrogen-bond acceptors (Lipinski definition) is 3. The van der Waals surface area contributed by atoms with Gasteiger partial charge in [-0.2, -0.15) is 13.9 Å². The molecule has 1 saturated carbocycles. The second-order valence-electron chi connectivity index (χ2n) is 7.07. The van der Waals surface area contributed by atoms with Crippen molar-refractivity contribution in [2.24, 2.45) is 21.8 Å². The van der Waals surface area contributed by atoms with Crippen molar-refractivity contribution in [2.45, 2.75) is 40.2 Å². The summed E-state index contributed by atoms with van der Waals surface area (Å²) in [6, 6.07) is 6.63. The first-order valence-corrected chi connectivity index (χ1v) is 7.90. The van der Waals surface area contributed by atoms with Gasteiger partial charge in [-0.05, 0) is 36.3 Å². The zero-order chi connectivity index (χ0) is 16.7. The molecule has 0 spiro atoms. The lowest BCUT2D eigenvalue weighted by Crippen LogP contribution is -2.33. The Morgan fingerprint density at radius 3 is 2.65 bits per heavy atom. The number of nitrogens with one attached hydrogen (secondary N) is 1. The van der Waals surface area contributed by atoms with Crippen molar-refractivity contribution in [2.75, 3.05) is 0 Å². The zero-order valence-corrected chi connectivity index (χ0v) is 13.6. The van der Waals surface area contributed by atoms with Crippen LogP contribution in [0.5, 0.6) is 5.75 Å². The normalized spacial score (nSPS) is 28.4. The number of hydrazone groups is 1. The number of nitrogens with zero attached hydrogens (tertiary/aromatic N) is 1. The molecule has 0 aromatic heterocycles. The smallest absolute Gasteiger partial charge is 0.387 e. The van der Waals surface area contributed by atoms with E-state index in [-0.39, 0.29) is 16.6 Å². The zero-order valence-electron chi connectivity index (χ0n) is 13.6. The van der Waals surface area contributed by atoms with Crippen LogP contribution in [0.15, 0.2) is 41.1 Å². The predicted octanol–water partition coefficient (Wildman–Crippen LogP) is 4.55. The molecule has 2 atom stereocenters. The van der Waals surface area contributed by atoms with Gasteiger partial charge in [0.2, 0.25) is 0 Å². The Balaban J connectivity index is 1.73. The maximum Gasteiger partial charge on any atom is 0.387 e. The van der Waals surface area contributed by atoms with Gasteiger partial charge in [0.1, 0.15) is 5.75 Å². The fraction of sp³-hybridized carbons (Fsp3) is 0.500. The SMILES string of the molecule is CC1(C)[C@@H]2C=C(N/N=C\c3ccccc3OC(F)F)[C@]1(C)CC2. The van der Waals surface area contributed by atoms with Crippen molar-refractivity contribution in [1.29, 1.82) is 0 Å². The first-order chi connectivity index (χ1) is 10.8. The summed E-state index contributed by atoms with van der Waals surface area (Å²) >= 11 is 0. The van der Waals surface area contributed by atoms with Gasteiger partial charge in [-0.1, -0.05) is 39.0 Å². The first kappa shape index (κ1) is 16.0. The minimum absolute atomic E-state index is 0.0913. The number of rotatable bonds is 5. The average molecular weight is 320 g/mol. The molecule has 1 aromatic rings. The van der Waals surface area contributed by atoms with E-state index in [1.807, 2.05) is 0 Å². The van der Waals surface area contributed by atoms with Crippen LogP contribution in [0.1, 0.15) is 39.2 Å². The van der Waals surface area contributed by atoms with Crippen molar-refractivity contribution in [3.63, 3.8) is 0 Å². The Morgan fingerprint density at radius 2 is 2.04 bits per heavy atom. The molecule has 0 heterocycles. The van der Waals surface area contributed by atoms with E-state index in [2.05, 4.69) is 42.1 Å². The van der Waals surface area contributed by atoms with Crippen LogP contribution in [0.25, 0.3) is 0 Å². The number of allylic oxidation sites excluding steroid dienone is 2. The summed E-state index contributed by atoms with van der Waals surface area (Å²) in [6.07, 6.45) is 6.15. The highest BCUT2D eigenvalue weighted by molar-refractivity contribution is 5.83. The maximum absolute atomic E-state index is 12.4. The van der Waals surface area contributed by atoms with Gasteiger partial charge in [0.05, 0.1) is 6.21 Å². The monoisotopic (exact) mass is 320 g/mol. The molecule has 1 fully saturated rings. The van der Waals surface area contributed by atoms with Gasteiger partial charge in [-0.3, -0.25) is 5.43 Å². The third-order valence-electron chi connectivity index (χ3n) is 5.79.